The number of amides is 1. The van der Waals surface area contributed by atoms with Gasteiger partial charge in [-0.05, 0) is 50.7 Å². The van der Waals surface area contributed by atoms with Crippen LogP contribution in [0.25, 0.3) is 11.2 Å². The first-order valence-corrected chi connectivity index (χ1v) is 11.9. The molecular formula is C24H30FN7O. The summed E-state index contributed by atoms with van der Waals surface area (Å²) in [4.78, 5) is 25.4. The summed E-state index contributed by atoms with van der Waals surface area (Å²) in [6.45, 7) is 1.57. The molecule has 2 saturated carbocycles. The number of halogens is 1. The van der Waals surface area contributed by atoms with E-state index in [9.17, 15) is 9.18 Å². The van der Waals surface area contributed by atoms with E-state index in [-0.39, 0.29) is 29.8 Å². The number of nitrogens with zero attached hydrogens (tertiary/aromatic N) is 4. The molecule has 3 aromatic rings. The van der Waals surface area contributed by atoms with Gasteiger partial charge in [0.1, 0.15) is 11.3 Å². The first-order valence-electron chi connectivity index (χ1n) is 11.9. The van der Waals surface area contributed by atoms with E-state index in [1.54, 1.807) is 31.3 Å². The second-order valence-corrected chi connectivity index (χ2v) is 9.14. The van der Waals surface area contributed by atoms with E-state index in [0.29, 0.717) is 23.1 Å². The van der Waals surface area contributed by atoms with E-state index in [0.717, 1.165) is 57.0 Å². The largest absolute Gasteiger partial charge is 0.354 e. The van der Waals surface area contributed by atoms with Gasteiger partial charge in [0.2, 0.25) is 17.8 Å². The summed E-state index contributed by atoms with van der Waals surface area (Å²) in [6, 6.07) is 7.42. The number of fused-ring (bicyclic) bond motifs is 1. The molecule has 2 fully saturated rings. The van der Waals surface area contributed by atoms with Gasteiger partial charge in [0.15, 0.2) is 5.65 Å². The molecule has 0 unspecified atom stereocenters. The van der Waals surface area contributed by atoms with Crippen LogP contribution in [-0.2, 0) is 4.79 Å². The maximum Gasteiger partial charge on any atom is 0.224 e. The van der Waals surface area contributed by atoms with Gasteiger partial charge >= 0.3 is 0 Å². The summed E-state index contributed by atoms with van der Waals surface area (Å²) in [5.41, 5.74) is 1.86. The number of carbonyl (C=O) groups excluding carboxylic acids is 1. The lowest BCUT2D eigenvalue weighted by molar-refractivity contribution is -0.119. The highest BCUT2D eigenvalue weighted by molar-refractivity contribution is 5.76. The molecule has 0 radical (unpaired) electrons. The second-order valence-electron chi connectivity index (χ2n) is 9.14. The molecule has 1 aromatic carbocycles. The van der Waals surface area contributed by atoms with Crippen molar-refractivity contribution in [3.8, 4) is 0 Å². The van der Waals surface area contributed by atoms with Crippen LogP contribution in [0, 0.1) is 5.82 Å². The molecular weight excluding hydrogens is 421 g/mol. The Hall–Kier alpha value is -3.23. The Labute approximate surface area is 192 Å². The Kier molecular flexibility index (Phi) is 6.11. The van der Waals surface area contributed by atoms with Crippen molar-refractivity contribution in [1.29, 1.82) is 0 Å². The number of imidazole rings is 1. The molecule has 2 aliphatic rings. The topological polar surface area (TPSA) is 96.8 Å². The summed E-state index contributed by atoms with van der Waals surface area (Å²) in [5, 5.41) is 9.67. The highest BCUT2D eigenvalue weighted by Gasteiger charge is 2.26. The first-order chi connectivity index (χ1) is 16.1. The minimum absolute atomic E-state index is 0.0279. The zero-order valence-electron chi connectivity index (χ0n) is 18.9. The Morgan fingerprint density at radius 1 is 1.03 bits per heavy atom. The summed E-state index contributed by atoms with van der Waals surface area (Å²) in [7, 11) is 0. The summed E-state index contributed by atoms with van der Waals surface area (Å²) < 4.78 is 16.4. The van der Waals surface area contributed by atoms with Crippen molar-refractivity contribution in [1.82, 2.24) is 24.8 Å². The third-order valence-corrected chi connectivity index (χ3v) is 6.71. The predicted molar refractivity (Wildman–Crippen MR) is 126 cm³/mol. The molecule has 2 heterocycles. The SMILES string of the molecule is CC(=O)NC1CCC(Nc2ncc3nc(Nc4ccccc4F)n(C4CCCC4)c3n2)CC1. The molecule has 2 aromatic heterocycles. The van der Waals surface area contributed by atoms with Crippen molar-refractivity contribution >= 4 is 34.7 Å². The number of aromatic nitrogens is 4. The Morgan fingerprint density at radius 3 is 2.48 bits per heavy atom. The van der Waals surface area contributed by atoms with Crippen molar-refractivity contribution in [2.75, 3.05) is 10.6 Å². The molecule has 9 heteroatoms. The summed E-state index contributed by atoms with van der Waals surface area (Å²) >= 11 is 0. The van der Waals surface area contributed by atoms with E-state index >= 15 is 0 Å². The number of anilines is 3. The average molecular weight is 452 g/mol. The first kappa shape index (κ1) is 21.6. The predicted octanol–water partition coefficient (Wildman–Crippen LogP) is 4.68. The van der Waals surface area contributed by atoms with Gasteiger partial charge in [-0.2, -0.15) is 4.98 Å². The molecule has 1 amide bonds. The summed E-state index contributed by atoms with van der Waals surface area (Å²) in [5.74, 6) is 0.900. The van der Waals surface area contributed by atoms with Crippen LogP contribution in [-0.4, -0.2) is 37.5 Å². The number of para-hydroxylation sites is 1. The monoisotopic (exact) mass is 451 g/mol. The lowest BCUT2D eigenvalue weighted by Crippen LogP contribution is -2.39. The van der Waals surface area contributed by atoms with Crippen LogP contribution in [0.5, 0.6) is 0 Å². The van der Waals surface area contributed by atoms with Gasteiger partial charge < -0.3 is 16.0 Å². The molecule has 174 valence electrons. The van der Waals surface area contributed by atoms with Gasteiger partial charge in [-0.3, -0.25) is 9.36 Å². The van der Waals surface area contributed by atoms with E-state index in [1.165, 1.54) is 6.07 Å². The van der Waals surface area contributed by atoms with Crippen LogP contribution in [0.3, 0.4) is 0 Å². The molecule has 33 heavy (non-hydrogen) atoms. The molecule has 5 rings (SSSR count). The van der Waals surface area contributed by atoms with Gasteiger partial charge in [0.05, 0.1) is 11.9 Å². The van der Waals surface area contributed by atoms with Gasteiger partial charge in [-0.25, -0.2) is 14.4 Å². The smallest absolute Gasteiger partial charge is 0.224 e. The fourth-order valence-electron chi connectivity index (χ4n) is 5.09. The molecule has 8 nitrogen and oxygen atoms in total. The van der Waals surface area contributed by atoms with E-state index in [1.807, 2.05) is 0 Å². The van der Waals surface area contributed by atoms with Crippen molar-refractivity contribution in [3.05, 3.63) is 36.3 Å². The van der Waals surface area contributed by atoms with Crippen LogP contribution >= 0.6 is 0 Å². The fourth-order valence-corrected chi connectivity index (χ4v) is 5.09. The minimum Gasteiger partial charge on any atom is -0.354 e. The second kappa shape index (κ2) is 9.33. The molecule has 2 aliphatic carbocycles. The highest BCUT2D eigenvalue weighted by Crippen LogP contribution is 2.36. The van der Waals surface area contributed by atoms with E-state index < -0.39 is 0 Å². The Balaban J connectivity index is 1.39. The number of rotatable bonds is 6. The molecule has 0 aliphatic heterocycles. The van der Waals surface area contributed by atoms with Crippen LogP contribution in [0.4, 0.5) is 22.0 Å². The Morgan fingerprint density at radius 2 is 1.76 bits per heavy atom. The fraction of sp³-hybridized carbons (Fsp3) is 0.500. The van der Waals surface area contributed by atoms with Crippen molar-refractivity contribution in [3.63, 3.8) is 0 Å². The van der Waals surface area contributed by atoms with Crippen LogP contribution < -0.4 is 16.0 Å². The number of hydrogen-bond donors (Lipinski definition) is 3. The number of hydrogen-bond acceptors (Lipinski definition) is 6. The standard InChI is InChI=1S/C24H30FN7O/c1-15(33)27-16-10-12-17(13-11-16)28-23-26-14-21-22(31-23)32(18-6-2-3-7-18)24(30-21)29-20-9-5-4-8-19(20)25/h4-5,8-9,14,16-18H,2-3,6-7,10-13H2,1H3,(H,27,33)(H,29,30)(H,26,28,31). The average Bonchev–Trinajstić information content (AvgIpc) is 3.43. The zero-order chi connectivity index (χ0) is 22.8. The Bertz CT molecular complexity index is 1130. The van der Waals surface area contributed by atoms with Crippen molar-refractivity contribution in [2.24, 2.45) is 0 Å². The van der Waals surface area contributed by atoms with Gasteiger partial charge in [0.25, 0.3) is 0 Å². The molecule has 0 atom stereocenters. The summed E-state index contributed by atoms with van der Waals surface area (Å²) in [6.07, 6.45) is 9.96. The van der Waals surface area contributed by atoms with Gasteiger partial charge in [-0.1, -0.05) is 25.0 Å². The number of carbonyl (C=O) groups is 1. The lowest BCUT2D eigenvalue weighted by Gasteiger charge is -2.29. The van der Waals surface area contributed by atoms with Gasteiger partial charge in [-0.15, -0.1) is 0 Å². The van der Waals surface area contributed by atoms with Crippen LogP contribution in [0.2, 0.25) is 0 Å². The maximum atomic E-state index is 14.3. The van der Waals surface area contributed by atoms with E-state index in [4.69, 9.17) is 9.97 Å². The van der Waals surface area contributed by atoms with Crippen molar-refractivity contribution in [2.45, 2.75) is 76.4 Å². The number of nitrogens with one attached hydrogen (secondary N) is 3. The lowest BCUT2D eigenvalue weighted by atomic mass is 9.91. The van der Waals surface area contributed by atoms with Gasteiger partial charge in [0, 0.05) is 25.0 Å². The zero-order valence-corrected chi connectivity index (χ0v) is 18.9. The normalized spacial score (nSPS) is 21.3. The third-order valence-electron chi connectivity index (χ3n) is 6.71. The molecule has 0 bridgehead atoms. The minimum atomic E-state index is -0.314. The molecule has 0 spiro atoms. The highest BCUT2D eigenvalue weighted by atomic mass is 19.1. The van der Waals surface area contributed by atoms with Crippen LogP contribution in [0.15, 0.2) is 30.5 Å². The number of benzene rings is 1. The maximum absolute atomic E-state index is 14.3. The van der Waals surface area contributed by atoms with Crippen molar-refractivity contribution < 1.29 is 9.18 Å². The quantitative estimate of drug-likeness (QED) is 0.503. The van der Waals surface area contributed by atoms with E-state index in [2.05, 4.69) is 25.5 Å². The third kappa shape index (κ3) is 4.77. The molecule has 0 saturated heterocycles. The van der Waals surface area contributed by atoms with Crippen LogP contribution in [0.1, 0.15) is 64.3 Å². The molecule has 3 N–H and O–H groups in total.